The molecule has 0 fully saturated rings. The predicted octanol–water partition coefficient (Wildman–Crippen LogP) is 3.38. The molecule has 0 heterocycles. The van der Waals surface area contributed by atoms with E-state index in [0.29, 0.717) is 12.1 Å². The Kier molecular flexibility index (Phi) is 3.89. The summed E-state index contributed by atoms with van der Waals surface area (Å²) in [5, 5.41) is 0. The van der Waals surface area contributed by atoms with Gasteiger partial charge < -0.3 is 5.73 Å². The molecule has 0 saturated carbocycles. The first kappa shape index (κ1) is 11.8. The fourth-order valence-electron chi connectivity index (χ4n) is 1.85. The Hall–Kier alpha value is -1.67. The lowest BCUT2D eigenvalue weighted by Crippen LogP contribution is -2.00. The second kappa shape index (κ2) is 5.60. The van der Waals surface area contributed by atoms with Crippen LogP contribution in [0, 0.1) is 5.82 Å². The lowest BCUT2D eigenvalue weighted by molar-refractivity contribution is 0.631. The lowest BCUT2D eigenvalue weighted by atomic mass is 10.0. The van der Waals surface area contributed by atoms with Crippen LogP contribution in [0.15, 0.2) is 48.5 Å². The molecule has 2 N–H and O–H groups in total. The van der Waals surface area contributed by atoms with E-state index in [1.54, 1.807) is 12.1 Å². The smallest absolute Gasteiger partial charge is 0.131 e. The maximum absolute atomic E-state index is 13.6. The molecule has 0 aliphatic carbocycles. The number of rotatable bonds is 4. The molecule has 0 aliphatic heterocycles. The van der Waals surface area contributed by atoms with Crippen LogP contribution in [0.3, 0.4) is 0 Å². The highest BCUT2D eigenvalue weighted by molar-refractivity contribution is 5.64. The van der Waals surface area contributed by atoms with Gasteiger partial charge in [0.15, 0.2) is 0 Å². The van der Waals surface area contributed by atoms with Crippen LogP contribution < -0.4 is 5.73 Å². The van der Waals surface area contributed by atoms with Crippen molar-refractivity contribution in [1.82, 2.24) is 0 Å². The van der Waals surface area contributed by atoms with E-state index >= 15 is 0 Å². The third-order valence-electron chi connectivity index (χ3n) is 2.81. The van der Waals surface area contributed by atoms with Crippen molar-refractivity contribution >= 4 is 0 Å². The number of aryl methyl sites for hydroxylation is 1. The van der Waals surface area contributed by atoms with E-state index in [0.717, 1.165) is 18.4 Å². The first-order valence-electron chi connectivity index (χ1n) is 5.85. The quantitative estimate of drug-likeness (QED) is 0.854. The summed E-state index contributed by atoms with van der Waals surface area (Å²) >= 11 is 0. The van der Waals surface area contributed by atoms with Gasteiger partial charge in [0.2, 0.25) is 0 Å². The van der Waals surface area contributed by atoms with E-state index in [2.05, 4.69) is 0 Å². The number of hydrogen-bond acceptors (Lipinski definition) is 1. The second-order valence-corrected chi connectivity index (χ2v) is 4.07. The van der Waals surface area contributed by atoms with E-state index in [-0.39, 0.29) is 5.82 Å². The summed E-state index contributed by atoms with van der Waals surface area (Å²) in [7, 11) is 0. The molecule has 2 heteroatoms. The summed E-state index contributed by atoms with van der Waals surface area (Å²) < 4.78 is 13.6. The molecular weight excluding hydrogens is 213 g/mol. The molecule has 0 bridgehead atoms. The molecule has 0 aromatic heterocycles. The SMILES string of the molecule is NCCCc1ccc(-c2ccccc2F)cc1. The second-order valence-electron chi connectivity index (χ2n) is 4.07. The Morgan fingerprint density at radius 2 is 1.65 bits per heavy atom. The predicted molar refractivity (Wildman–Crippen MR) is 69.2 cm³/mol. The van der Waals surface area contributed by atoms with Gasteiger partial charge in [0.1, 0.15) is 5.82 Å². The van der Waals surface area contributed by atoms with Crippen LogP contribution in [-0.4, -0.2) is 6.54 Å². The Labute approximate surface area is 101 Å². The van der Waals surface area contributed by atoms with E-state index in [9.17, 15) is 4.39 Å². The number of halogens is 1. The van der Waals surface area contributed by atoms with Gasteiger partial charge in [0.05, 0.1) is 0 Å². The zero-order valence-corrected chi connectivity index (χ0v) is 9.70. The average molecular weight is 229 g/mol. The minimum Gasteiger partial charge on any atom is -0.330 e. The van der Waals surface area contributed by atoms with Crippen LogP contribution in [0.4, 0.5) is 4.39 Å². The summed E-state index contributed by atoms with van der Waals surface area (Å²) in [5.41, 5.74) is 8.28. The van der Waals surface area contributed by atoms with Crippen molar-refractivity contribution in [1.29, 1.82) is 0 Å². The first-order valence-corrected chi connectivity index (χ1v) is 5.85. The van der Waals surface area contributed by atoms with Gasteiger partial charge in [-0.25, -0.2) is 4.39 Å². The molecule has 0 spiro atoms. The molecule has 0 amide bonds. The molecule has 88 valence electrons. The highest BCUT2D eigenvalue weighted by atomic mass is 19.1. The summed E-state index contributed by atoms with van der Waals surface area (Å²) in [6.45, 7) is 0.703. The molecule has 2 aromatic rings. The topological polar surface area (TPSA) is 26.0 Å². The van der Waals surface area contributed by atoms with Gasteiger partial charge in [-0.05, 0) is 36.6 Å². The normalized spacial score (nSPS) is 10.5. The Morgan fingerprint density at radius 3 is 2.29 bits per heavy atom. The van der Waals surface area contributed by atoms with Crippen LogP contribution >= 0.6 is 0 Å². The highest BCUT2D eigenvalue weighted by Crippen LogP contribution is 2.22. The zero-order valence-electron chi connectivity index (χ0n) is 9.70. The molecule has 17 heavy (non-hydrogen) atoms. The maximum atomic E-state index is 13.6. The minimum absolute atomic E-state index is 0.179. The van der Waals surface area contributed by atoms with Crippen molar-refractivity contribution < 1.29 is 4.39 Å². The van der Waals surface area contributed by atoms with Crippen molar-refractivity contribution in [3.05, 3.63) is 59.9 Å². The van der Waals surface area contributed by atoms with Crippen molar-refractivity contribution in [3.63, 3.8) is 0 Å². The van der Waals surface area contributed by atoms with Crippen molar-refractivity contribution in [3.8, 4) is 11.1 Å². The Balaban J connectivity index is 2.21. The Morgan fingerprint density at radius 1 is 0.941 bits per heavy atom. The lowest BCUT2D eigenvalue weighted by Gasteiger charge is -2.05. The van der Waals surface area contributed by atoms with E-state index in [1.807, 2.05) is 30.3 Å². The number of benzene rings is 2. The van der Waals surface area contributed by atoms with Crippen molar-refractivity contribution in [2.24, 2.45) is 5.73 Å². The van der Waals surface area contributed by atoms with Crippen molar-refractivity contribution in [2.75, 3.05) is 6.54 Å². The zero-order chi connectivity index (χ0) is 12.1. The van der Waals surface area contributed by atoms with Crippen LogP contribution in [0.2, 0.25) is 0 Å². The van der Waals surface area contributed by atoms with Crippen LogP contribution in [0.1, 0.15) is 12.0 Å². The van der Waals surface area contributed by atoms with Gasteiger partial charge in [-0.15, -0.1) is 0 Å². The number of nitrogens with two attached hydrogens (primary N) is 1. The minimum atomic E-state index is -0.179. The van der Waals surface area contributed by atoms with Gasteiger partial charge in [0.25, 0.3) is 0 Å². The van der Waals surface area contributed by atoms with Crippen molar-refractivity contribution in [2.45, 2.75) is 12.8 Å². The van der Waals surface area contributed by atoms with Gasteiger partial charge in [-0.1, -0.05) is 42.5 Å². The molecule has 2 aromatic carbocycles. The van der Waals surface area contributed by atoms with E-state index in [4.69, 9.17) is 5.73 Å². The highest BCUT2D eigenvalue weighted by Gasteiger charge is 2.03. The summed E-state index contributed by atoms with van der Waals surface area (Å²) in [5.74, 6) is -0.179. The fourth-order valence-corrected chi connectivity index (χ4v) is 1.85. The van der Waals surface area contributed by atoms with Gasteiger partial charge in [-0.2, -0.15) is 0 Å². The first-order chi connectivity index (χ1) is 8.31. The van der Waals surface area contributed by atoms with E-state index in [1.165, 1.54) is 11.6 Å². The molecule has 0 aliphatic rings. The Bertz CT molecular complexity index is 477. The van der Waals surface area contributed by atoms with Crippen LogP contribution in [0.5, 0.6) is 0 Å². The summed E-state index contributed by atoms with van der Waals surface area (Å²) in [6, 6.07) is 14.8. The third kappa shape index (κ3) is 2.92. The standard InChI is InChI=1S/C15H16FN/c16-15-6-2-1-5-14(15)13-9-7-12(8-10-13)4-3-11-17/h1-2,5-10H,3-4,11,17H2. The monoisotopic (exact) mass is 229 g/mol. The summed E-state index contributed by atoms with van der Waals surface area (Å²) in [6.07, 6.45) is 1.97. The van der Waals surface area contributed by atoms with Gasteiger partial charge in [-0.3, -0.25) is 0 Å². The maximum Gasteiger partial charge on any atom is 0.131 e. The molecule has 0 atom stereocenters. The molecule has 1 nitrogen and oxygen atoms in total. The molecule has 2 rings (SSSR count). The molecular formula is C15H16FN. The third-order valence-corrected chi connectivity index (χ3v) is 2.81. The number of hydrogen-bond donors (Lipinski definition) is 1. The molecule has 0 radical (unpaired) electrons. The van der Waals surface area contributed by atoms with Crippen LogP contribution in [-0.2, 0) is 6.42 Å². The van der Waals surface area contributed by atoms with Gasteiger partial charge in [0, 0.05) is 5.56 Å². The summed E-state index contributed by atoms with van der Waals surface area (Å²) in [4.78, 5) is 0. The van der Waals surface area contributed by atoms with Crippen LogP contribution in [0.25, 0.3) is 11.1 Å². The average Bonchev–Trinajstić information content (AvgIpc) is 2.38. The van der Waals surface area contributed by atoms with Gasteiger partial charge >= 0.3 is 0 Å². The largest absolute Gasteiger partial charge is 0.330 e. The molecule has 0 unspecified atom stereocenters. The van der Waals surface area contributed by atoms with E-state index < -0.39 is 0 Å². The molecule has 0 saturated heterocycles. The fraction of sp³-hybridized carbons (Fsp3) is 0.200.